The van der Waals surface area contributed by atoms with Crippen molar-refractivity contribution in [3.05, 3.63) is 65.2 Å². The van der Waals surface area contributed by atoms with E-state index in [1.165, 1.54) is 0 Å². The van der Waals surface area contributed by atoms with Gasteiger partial charge in [-0.3, -0.25) is 4.90 Å². The average Bonchev–Trinajstić information content (AvgIpc) is 2.61. The van der Waals surface area contributed by atoms with Crippen LogP contribution in [0.1, 0.15) is 57.7 Å². The zero-order valence-corrected chi connectivity index (χ0v) is 17.2. The first-order valence-electron chi connectivity index (χ1n) is 9.68. The Balaban J connectivity index is 2.55. The van der Waals surface area contributed by atoms with Gasteiger partial charge in [-0.25, -0.2) is 0 Å². The standard InChI is InChI=1S/C23H30F3NO/c1-16(2)27(17(3)4)14-13-22(5,18-9-7-6-8-10-18)20-15-19(23(24,25)26)11-12-21(20)28/h6-12,15-17,28H,13-14H2,1-5H3. The van der Waals surface area contributed by atoms with Gasteiger partial charge >= 0.3 is 6.18 Å². The number of rotatable bonds is 7. The van der Waals surface area contributed by atoms with Crippen molar-refractivity contribution in [2.75, 3.05) is 6.54 Å². The molecule has 0 bridgehead atoms. The molecule has 2 nitrogen and oxygen atoms in total. The lowest BCUT2D eigenvalue weighted by molar-refractivity contribution is -0.137. The predicted molar refractivity (Wildman–Crippen MR) is 108 cm³/mol. The van der Waals surface area contributed by atoms with E-state index in [1.807, 2.05) is 37.3 Å². The first-order chi connectivity index (χ1) is 13.0. The summed E-state index contributed by atoms with van der Waals surface area (Å²) in [5.74, 6) is -0.111. The van der Waals surface area contributed by atoms with E-state index in [1.54, 1.807) is 0 Å². The topological polar surface area (TPSA) is 23.5 Å². The van der Waals surface area contributed by atoms with E-state index in [-0.39, 0.29) is 5.75 Å². The Bertz CT molecular complexity index is 763. The van der Waals surface area contributed by atoms with Crippen molar-refractivity contribution in [1.29, 1.82) is 0 Å². The highest BCUT2D eigenvalue weighted by molar-refractivity contribution is 5.48. The van der Waals surface area contributed by atoms with Gasteiger partial charge < -0.3 is 5.11 Å². The van der Waals surface area contributed by atoms with Crippen molar-refractivity contribution >= 4 is 0 Å². The van der Waals surface area contributed by atoms with Crippen molar-refractivity contribution < 1.29 is 18.3 Å². The Morgan fingerprint density at radius 3 is 1.96 bits per heavy atom. The summed E-state index contributed by atoms with van der Waals surface area (Å²) in [6, 6.07) is 13.3. The van der Waals surface area contributed by atoms with Crippen molar-refractivity contribution in [3.8, 4) is 5.75 Å². The smallest absolute Gasteiger partial charge is 0.416 e. The van der Waals surface area contributed by atoms with Crippen molar-refractivity contribution in [1.82, 2.24) is 4.90 Å². The van der Waals surface area contributed by atoms with Gasteiger partial charge in [-0.1, -0.05) is 37.3 Å². The number of halogens is 3. The lowest BCUT2D eigenvalue weighted by Crippen LogP contribution is -2.40. The van der Waals surface area contributed by atoms with E-state index in [2.05, 4.69) is 32.6 Å². The molecule has 0 amide bonds. The number of nitrogens with zero attached hydrogens (tertiary/aromatic N) is 1. The molecule has 0 spiro atoms. The molecule has 0 aliphatic carbocycles. The minimum absolute atomic E-state index is 0.111. The third-order valence-corrected chi connectivity index (χ3v) is 5.53. The van der Waals surface area contributed by atoms with Crippen LogP contribution in [0.4, 0.5) is 13.2 Å². The van der Waals surface area contributed by atoms with Gasteiger partial charge in [0, 0.05) is 23.1 Å². The second-order valence-electron chi connectivity index (χ2n) is 8.10. The van der Waals surface area contributed by atoms with Crippen LogP contribution in [0.25, 0.3) is 0 Å². The van der Waals surface area contributed by atoms with Crippen LogP contribution < -0.4 is 0 Å². The van der Waals surface area contributed by atoms with Gasteiger partial charge in [0.05, 0.1) is 5.56 Å². The lowest BCUT2D eigenvalue weighted by atomic mass is 9.72. The highest BCUT2D eigenvalue weighted by Gasteiger charge is 2.36. The predicted octanol–water partition coefficient (Wildman–Crippen LogP) is 6.23. The SMILES string of the molecule is CC(C)N(CCC(C)(c1ccccc1)c1cc(C(F)(F)F)ccc1O)C(C)C. The van der Waals surface area contributed by atoms with E-state index in [0.29, 0.717) is 30.6 Å². The maximum atomic E-state index is 13.3. The fourth-order valence-electron chi connectivity index (χ4n) is 3.86. The van der Waals surface area contributed by atoms with E-state index >= 15 is 0 Å². The van der Waals surface area contributed by atoms with Gasteiger partial charge in [-0.05, 0) is 64.4 Å². The van der Waals surface area contributed by atoms with Gasteiger partial charge in [0.2, 0.25) is 0 Å². The van der Waals surface area contributed by atoms with Crippen molar-refractivity contribution in [3.63, 3.8) is 0 Å². The quantitative estimate of drug-likeness (QED) is 0.603. The number of aromatic hydroxyl groups is 1. The van der Waals surface area contributed by atoms with Crippen LogP contribution in [-0.4, -0.2) is 28.6 Å². The molecule has 0 heterocycles. The summed E-state index contributed by atoms with van der Waals surface area (Å²) < 4.78 is 40.0. The molecule has 1 unspecified atom stereocenters. The molecule has 0 aliphatic heterocycles. The maximum Gasteiger partial charge on any atom is 0.416 e. The summed E-state index contributed by atoms with van der Waals surface area (Å²) in [5, 5.41) is 10.5. The molecule has 2 aromatic rings. The van der Waals surface area contributed by atoms with Crippen LogP contribution in [0.5, 0.6) is 5.75 Å². The Kier molecular flexibility index (Phi) is 6.81. The molecule has 154 valence electrons. The molecule has 0 fully saturated rings. The summed E-state index contributed by atoms with van der Waals surface area (Å²) >= 11 is 0. The fourth-order valence-corrected chi connectivity index (χ4v) is 3.86. The highest BCUT2D eigenvalue weighted by atomic mass is 19.4. The molecule has 28 heavy (non-hydrogen) atoms. The first-order valence-corrected chi connectivity index (χ1v) is 9.68. The van der Waals surface area contributed by atoms with Gasteiger partial charge in [0.1, 0.15) is 5.75 Å². The zero-order valence-electron chi connectivity index (χ0n) is 17.2. The molecular formula is C23H30F3NO. The van der Waals surface area contributed by atoms with E-state index < -0.39 is 17.2 Å². The largest absolute Gasteiger partial charge is 0.508 e. The van der Waals surface area contributed by atoms with Crippen molar-refractivity contribution in [2.45, 2.75) is 64.7 Å². The van der Waals surface area contributed by atoms with Gasteiger partial charge in [-0.2, -0.15) is 13.2 Å². The van der Waals surface area contributed by atoms with E-state index in [4.69, 9.17) is 0 Å². The minimum Gasteiger partial charge on any atom is -0.508 e. The van der Waals surface area contributed by atoms with E-state index in [0.717, 1.165) is 23.8 Å². The first kappa shape index (κ1) is 22.3. The van der Waals surface area contributed by atoms with Crippen LogP contribution in [-0.2, 0) is 11.6 Å². The summed E-state index contributed by atoms with van der Waals surface area (Å²) in [7, 11) is 0. The normalized spacial score (nSPS) is 14.7. The number of hydrogen-bond acceptors (Lipinski definition) is 2. The lowest BCUT2D eigenvalue weighted by Gasteiger charge is -2.37. The Morgan fingerprint density at radius 1 is 0.893 bits per heavy atom. The van der Waals surface area contributed by atoms with Gasteiger partial charge in [0.15, 0.2) is 0 Å². The molecule has 0 saturated carbocycles. The van der Waals surface area contributed by atoms with Crippen LogP contribution >= 0.6 is 0 Å². The molecule has 1 N–H and O–H groups in total. The molecule has 2 aromatic carbocycles. The second-order valence-corrected chi connectivity index (χ2v) is 8.10. The van der Waals surface area contributed by atoms with Crippen LogP contribution in [0.3, 0.4) is 0 Å². The number of alkyl halides is 3. The number of benzene rings is 2. The highest BCUT2D eigenvalue weighted by Crippen LogP contribution is 2.43. The summed E-state index contributed by atoms with van der Waals surface area (Å²) in [5.41, 5.74) is -0.306. The van der Waals surface area contributed by atoms with Gasteiger partial charge in [-0.15, -0.1) is 0 Å². The summed E-state index contributed by atoms with van der Waals surface area (Å²) in [4.78, 5) is 2.31. The van der Waals surface area contributed by atoms with Crippen LogP contribution in [0.15, 0.2) is 48.5 Å². The average molecular weight is 393 g/mol. The third-order valence-electron chi connectivity index (χ3n) is 5.53. The molecular weight excluding hydrogens is 363 g/mol. The minimum atomic E-state index is -4.46. The molecule has 1 atom stereocenters. The second kappa shape index (κ2) is 8.56. The molecule has 0 aromatic heterocycles. The number of phenolic OH excluding ortho intramolecular Hbond substituents is 1. The van der Waals surface area contributed by atoms with E-state index in [9.17, 15) is 18.3 Å². The zero-order chi connectivity index (χ0) is 21.1. The van der Waals surface area contributed by atoms with Crippen LogP contribution in [0, 0.1) is 0 Å². The Hall–Kier alpha value is -2.01. The van der Waals surface area contributed by atoms with Crippen molar-refractivity contribution in [2.24, 2.45) is 0 Å². The molecule has 0 saturated heterocycles. The molecule has 0 radical (unpaired) electrons. The fraction of sp³-hybridized carbons (Fsp3) is 0.478. The molecule has 0 aliphatic rings. The Labute approximate surface area is 166 Å². The molecule has 2 rings (SSSR count). The summed E-state index contributed by atoms with van der Waals surface area (Å²) in [6.45, 7) is 11.1. The number of hydrogen-bond donors (Lipinski definition) is 1. The monoisotopic (exact) mass is 393 g/mol. The molecule has 5 heteroatoms. The van der Waals surface area contributed by atoms with Gasteiger partial charge in [0.25, 0.3) is 0 Å². The third kappa shape index (κ3) is 4.88. The maximum absolute atomic E-state index is 13.3. The summed E-state index contributed by atoms with van der Waals surface area (Å²) in [6.07, 6.45) is -3.87. The number of phenols is 1. The van der Waals surface area contributed by atoms with Crippen LogP contribution in [0.2, 0.25) is 0 Å². The Morgan fingerprint density at radius 2 is 1.46 bits per heavy atom.